The molecule has 96 valence electrons. The maximum Gasteiger partial charge on any atom is 0.419 e. The first-order valence-electron chi connectivity index (χ1n) is 4.92. The van der Waals surface area contributed by atoms with Crippen molar-refractivity contribution in [2.24, 2.45) is 0 Å². The second-order valence-corrected chi connectivity index (χ2v) is 4.04. The second kappa shape index (κ2) is 4.24. The van der Waals surface area contributed by atoms with Gasteiger partial charge in [0.25, 0.3) is 0 Å². The average molecular weight is 277 g/mol. The largest absolute Gasteiger partial charge is 0.419 e. The number of hydrogen-bond acceptors (Lipinski definition) is 3. The smallest absolute Gasteiger partial charge is 0.224 e. The van der Waals surface area contributed by atoms with Gasteiger partial charge in [-0.05, 0) is 13.8 Å². The van der Waals surface area contributed by atoms with E-state index in [0.717, 1.165) is 4.68 Å². The molecule has 0 amide bonds. The van der Waals surface area contributed by atoms with Crippen molar-refractivity contribution < 1.29 is 13.2 Å². The molecule has 0 saturated carbocycles. The van der Waals surface area contributed by atoms with Gasteiger partial charge in [0.1, 0.15) is 11.5 Å². The van der Waals surface area contributed by atoms with Crippen molar-refractivity contribution in [1.29, 1.82) is 0 Å². The molecule has 0 radical (unpaired) electrons. The summed E-state index contributed by atoms with van der Waals surface area (Å²) >= 11 is 5.67. The molecule has 0 atom stereocenters. The minimum absolute atomic E-state index is 0.0326. The van der Waals surface area contributed by atoms with Crippen molar-refractivity contribution in [3.63, 3.8) is 0 Å². The van der Waals surface area contributed by atoms with Crippen LogP contribution in [0.15, 0.2) is 12.4 Å². The van der Waals surface area contributed by atoms with E-state index in [1.165, 1.54) is 26.2 Å². The fourth-order valence-electron chi connectivity index (χ4n) is 1.72. The standard InChI is InChI=1S/C10H8ClF3N4/c1-5-9(10(12,13)14)6(2)18(17-5)8-3-7(11)15-4-16-8/h3-4H,1-2H3. The van der Waals surface area contributed by atoms with Crippen LogP contribution in [0.5, 0.6) is 0 Å². The number of nitrogens with zero attached hydrogens (tertiary/aromatic N) is 4. The summed E-state index contributed by atoms with van der Waals surface area (Å²) in [6, 6.07) is 1.35. The van der Waals surface area contributed by atoms with Gasteiger partial charge in [-0.3, -0.25) is 0 Å². The van der Waals surface area contributed by atoms with E-state index >= 15 is 0 Å². The highest BCUT2D eigenvalue weighted by molar-refractivity contribution is 6.29. The van der Waals surface area contributed by atoms with Crippen molar-refractivity contribution >= 4 is 11.6 Å². The minimum Gasteiger partial charge on any atom is -0.224 e. The van der Waals surface area contributed by atoms with E-state index in [1.54, 1.807) is 0 Å². The van der Waals surface area contributed by atoms with Crippen LogP contribution in [0.4, 0.5) is 13.2 Å². The zero-order valence-electron chi connectivity index (χ0n) is 9.46. The Labute approximate surface area is 105 Å². The van der Waals surface area contributed by atoms with Crippen LogP contribution in [0.1, 0.15) is 17.0 Å². The number of halogens is 4. The van der Waals surface area contributed by atoms with Crippen molar-refractivity contribution in [3.8, 4) is 5.82 Å². The van der Waals surface area contributed by atoms with Crippen molar-refractivity contribution in [3.05, 3.63) is 34.5 Å². The summed E-state index contributed by atoms with van der Waals surface area (Å²) in [5.41, 5.74) is -0.887. The lowest BCUT2D eigenvalue weighted by Gasteiger charge is -2.07. The Morgan fingerprint density at radius 1 is 1.22 bits per heavy atom. The van der Waals surface area contributed by atoms with Gasteiger partial charge in [-0.15, -0.1) is 0 Å². The number of alkyl halides is 3. The number of rotatable bonds is 1. The van der Waals surface area contributed by atoms with Gasteiger partial charge in [0.15, 0.2) is 5.82 Å². The predicted octanol–water partition coefficient (Wildman–Crippen LogP) is 2.95. The van der Waals surface area contributed by atoms with E-state index in [1.807, 2.05) is 0 Å². The first-order chi connectivity index (χ1) is 8.30. The summed E-state index contributed by atoms with van der Waals surface area (Å²) < 4.78 is 39.5. The van der Waals surface area contributed by atoms with Gasteiger partial charge in [0, 0.05) is 6.07 Å². The fourth-order valence-corrected chi connectivity index (χ4v) is 1.86. The van der Waals surface area contributed by atoms with Gasteiger partial charge in [-0.25, -0.2) is 14.6 Å². The molecule has 0 aliphatic heterocycles. The van der Waals surface area contributed by atoms with Crippen LogP contribution in [0.25, 0.3) is 5.82 Å². The van der Waals surface area contributed by atoms with Crippen LogP contribution in [0.2, 0.25) is 5.15 Å². The summed E-state index contributed by atoms with van der Waals surface area (Å²) in [5, 5.41) is 3.98. The van der Waals surface area contributed by atoms with Gasteiger partial charge in [-0.2, -0.15) is 18.3 Å². The Kier molecular flexibility index (Phi) is 3.02. The first kappa shape index (κ1) is 12.8. The summed E-state index contributed by atoms with van der Waals surface area (Å²) in [6.45, 7) is 2.63. The third kappa shape index (κ3) is 2.17. The molecule has 0 spiro atoms. The van der Waals surface area contributed by atoms with Gasteiger partial charge >= 0.3 is 6.18 Å². The lowest BCUT2D eigenvalue weighted by atomic mass is 10.2. The first-order valence-corrected chi connectivity index (χ1v) is 5.30. The number of aryl methyl sites for hydroxylation is 1. The molecule has 0 bridgehead atoms. The van der Waals surface area contributed by atoms with E-state index in [9.17, 15) is 13.2 Å². The van der Waals surface area contributed by atoms with E-state index in [-0.39, 0.29) is 22.4 Å². The monoisotopic (exact) mass is 276 g/mol. The Bertz CT molecular complexity index is 591. The zero-order chi connectivity index (χ0) is 13.5. The zero-order valence-corrected chi connectivity index (χ0v) is 10.2. The van der Waals surface area contributed by atoms with Crippen molar-refractivity contribution in [2.75, 3.05) is 0 Å². The number of hydrogen-bond donors (Lipinski definition) is 0. The molecule has 0 aliphatic carbocycles. The van der Waals surface area contributed by atoms with E-state index in [2.05, 4.69) is 15.1 Å². The molecule has 2 heterocycles. The normalized spacial score (nSPS) is 11.9. The van der Waals surface area contributed by atoms with Gasteiger partial charge in [-0.1, -0.05) is 11.6 Å². The topological polar surface area (TPSA) is 43.6 Å². The highest BCUT2D eigenvalue weighted by Gasteiger charge is 2.37. The molecule has 4 nitrogen and oxygen atoms in total. The molecule has 0 unspecified atom stereocenters. The molecule has 0 N–H and O–H groups in total. The lowest BCUT2D eigenvalue weighted by Crippen LogP contribution is -2.09. The fraction of sp³-hybridized carbons (Fsp3) is 0.300. The predicted molar refractivity (Wildman–Crippen MR) is 58.6 cm³/mol. The molecule has 0 aromatic carbocycles. The van der Waals surface area contributed by atoms with E-state index in [0.29, 0.717) is 0 Å². The SMILES string of the molecule is Cc1nn(-c2cc(Cl)ncn2)c(C)c1C(F)(F)F. The lowest BCUT2D eigenvalue weighted by molar-refractivity contribution is -0.138. The summed E-state index contributed by atoms with van der Waals surface area (Å²) in [7, 11) is 0. The summed E-state index contributed by atoms with van der Waals surface area (Å²) in [6.07, 6.45) is -3.27. The number of aromatic nitrogens is 4. The molecular weight excluding hydrogens is 269 g/mol. The Hall–Kier alpha value is -1.63. The van der Waals surface area contributed by atoms with E-state index < -0.39 is 11.7 Å². The Morgan fingerprint density at radius 2 is 1.89 bits per heavy atom. The van der Waals surface area contributed by atoms with E-state index in [4.69, 9.17) is 11.6 Å². The minimum atomic E-state index is -4.44. The third-order valence-corrected chi connectivity index (χ3v) is 2.62. The van der Waals surface area contributed by atoms with Crippen LogP contribution in [0.3, 0.4) is 0 Å². The van der Waals surface area contributed by atoms with Crippen LogP contribution in [0, 0.1) is 13.8 Å². The molecule has 0 saturated heterocycles. The third-order valence-electron chi connectivity index (χ3n) is 2.41. The average Bonchev–Trinajstić information content (AvgIpc) is 2.53. The van der Waals surface area contributed by atoms with Crippen LogP contribution >= 0.6 is 11.6 Å². The maximum atomic E-state index is 12.8. The van der Waals surface area contributed by atoms with Gasteiger partial charge in [0.05, 0.1) is 17.0 Å². The summed E-state index contributed by atoms with van der Waals surface area (Å²) in [5.74, 6) is 0.200. The highest BCUT2D eigenvalue weighted by Crippen LogP contribution is 2.34. The molecule has 0 fully saturated rings. The van der Waals surface area contributed by atoms with Gasteiger partial charge < -0.3 is 0 Å². The van der Waals surface area contributed by atoms with Crippen LogP contribution in [-0.4, -0.2) is 19.7 Å². The molecule has 18 heavy (non-hydrogen) atoms. The molecule has 2 aromatic heterocycles. The van der Waals surface area contributed by atoms with Crippen molar-refractivity contribution in [2.45, 2.75) is 20.0 Å². The quantitative estimate of drug-likeness (QED) is 0.752. The second-order valence-electron chi connectivity index (χ2n) is 3.65. The van der Waals surface area contributed by atoms with Gasteiger partial charge in [0.2, 0.25) is 0 Å². The molecule has 2 aromatic rings. The molecular formula is C10H8ClF3N4. The summed E-state index contributed by atoms with van der Waals surface area (Å²) in [4.78, 5) is 7.51. The molecule has 8 heteroatoms. The maximum absolute atomic E-state index is 12.8. The molecule has 0 aliphatic rings. The Balaban J connectivity index is 2.61. The Morgan fingerprint density at radius 3 is 2.39 bits per heavy atom. The highest BCUT2D eigenvalue weighted by atomic mass is 35.5. The van der Waals surface area contributed by atoms with Crippen LogP contribution in [-0.2, 0) is 6.18 Å². The molecule has 2 rings (SSSR count). The van der Waals surface area contributed by atoms with Crippen LogP contribution < -0.4 is 0 Å². The van der Waals surface area contributed by atoms with Crippen molar-refractivity contribution in [1.82, 2.24) is 19.7 Å².